The van der Waals surface area contributed by atoms with Crippen molar-refractivity contribution in [1.29, 1.82) is 0 Å². The van der Waals surface area contributed by atoms with Gasteiger partial charge in [-0.25, -0.2) is 4.79 Å². The van der Waals surface area contributed by atoms with Crippen LogP contribution in [-0.2, 0) is 0 Å². The number of carboxylic acid groups (broad SMARTS) is 1. The van der Waals surface area contributed by atoms with Gasteiger partial charge in [0.05, 0.1) is 23.0 Å². The van der Waals surface area contributed by atoms with Gasteiger partial charge in [-0.05, 0) is 50.7 Å². The Hall–Kier alpha value is -2.20. The average molecular weight is 282 g/mol. The summed E-state index contributed by atoms with van der Waals surface area (Å²) < 4.78 is 0. The molecule has 1 aromatic carbocycles. The molecule has 3 rings (SSSR count). The standard InChI is InChI=1S/C17H18N2O2/c1-19-10-4-9-16(19)15-8-3-7-14(18-15)12-5-2-6-13(11-12)17(20)21/h2-3,5-8,11,16H,4,9-10H2,1H3,(H,20,21). The molecule has 108 valence electrons. The van der Waals surface area contributed by atoms with Crippen molar-refractivity contribution in [2.75, 3.05) is 13.6 Å². The molecule has 21 heavy (non-hydrogen) atoms. The van der Waals surface area contributed by atoms with Crippen LogP contribution in [0.4, 0.5) is 0 Å². The highest BCUT2D eigenvalue weighted by molar-refractivity contribution is 5.89. The lowest BCUT2D eigenvalue weighted by atomic mass is 10.1. The van der Waals surface area contributed by atoms with Gasteiger partial charge in [-0.15, -0.1) is 0 Å². The van der Waals surface area contributed by atoms with Crippen molar-refractivity contribution >= 4 is 5.97 Å². The van der Waals surface area contributed by atoms with Gasteiger partial charge < -0.3 is 5.11 Å². The third-order valence-corrected chi connectivity index (χ3v) is 4.04. The van der Waals surface area contributed by atoms with Crippen LogP contribution < -0.4 is 0 Å². The predicted molar refractivity (Wildman–Crippen MR) is 81.2 cm³/mol. The van der Waals surface area contributed by atoms with Crippen LogP contribution in [-0.4, -0.2) is 34.6 Å². The number of carbonyl (C=O) groups is 1. The maximum Gasteiger partial charge on any atom is 0.335 e. The summed E-state index contributed by atoms with van der Waals surface area (Å²) in [7, 11) is 2.12. The Bertz CT molecular complexity index is 669. The van der Waals surface area contributed by atoms with E-state index in [4.69, 9.17) is 10.1 Å². The molecule has 1 atom stereocenters. The van der Waals surface area contributed by atoms with E-state index in [1.165, 1.54) is 6.42 Å². The van der Waals surface area contributed by atoms with Crippen molar-refractivity contribution in [3.8, 4) is 11.3 Å². The fraction of sp³-hybridized carbons (Fsp3) is 0.294. The molecule has 0 amide bonds. The van der Waals surface area contributed by atoms with Crippen LogP contribution in [0, 0.1) is 0 Å². The van der Waals surface area contributed by atoms with E-state index in [2.05, 4.69) is 18.0 Å². The van der Waals surface area contributed by atoms with E-state index in [-0.39, 0.29) is 5.56 Å². The number of pyridine rings is 1. The molecule has 2 aromatic rings. The lowest BCUT2D eigenvalue weighted by Crippen LogP contribution is -2.18. The molecule has 1 saturated heterocycles. The van der Waals surface area contributed by atoms with Gasteiger partial charge >= 0.3 is 5.97 Å². The van der Waals surface area contributed by atoms with Gasteiger partial charge in [-0.2, -0.15) is 0 Å². The van der Waals surface area contributed by atoms with Crippen LogP contribution in [0.15, 0.2) is 42.5 Å². The molecule has 0 radical (unpaired) electrons. The second-order valence-electron chi connectivity index (χ2n) is 5.47. The zero-order valence-corrected chi connectivity index (χ0v) is 12.0. The Kier molecular flexibility index (Phi) is 3.71. The molecular formula is C17H18N2O2. The fourth-order valence-electron chi connectivity index (χ4n) is 2.89. The Labute approximate surface area is 124 Å². The molecule has 0 spiro atoms. The zero-order valence-electron chi connectivity index (χ0n) is 12.0. The maximum absolute atomic E-state index is 11.1. The molecule has 1 N–H and O–H groups in total. The van der Waals surface area contributed by atoms with Crippen LogP contribution in [0.1, 0.15) is 34.9 Å². The average Bonchev–Trinajstić information content (AvgIpc) is 2.94. The fourth-order valence-corrected chi connectivity index (χ4v) is 2.89. The number of benzene rings is 1. The van der Waals surface area contributed by atoms with E-state index in [9.17, 15) is 4.79 Å². The highest BCUT2D eigenvalue weighted by Crippen LogP contribution is 2.30. The van der Waals surface area contributed by atoms with Gasteiger partial charge in [-0.3, -0.25) is 9.88 Å². The number of nitrogens with zero attached hydrogens (tertiary/aromatic N) is 2. The minimum Gasteiger partial charge on any atom is -0.478 e. The number of likely N-dealkylation sites (tertiary alicyclic amines) is 1. The van der Waals surface area contributed by atoms with Crippen LogP contribution in [0.2, 0.25) is 0 Å². The first kappa shape index (κ1) is 13.8. The van der Waals surface area contributed by atoms with E-state index in [1.807, 2.05) is 18.2 Å². The summed E-state index contributed by atoms with van der Waals surface area (Å²) in [4.78, 5) is 18.1. The smallest absolute Gasteiger partial charge is 0.335 e. The molecule has 1 aliphatic rings. The summed E-state index contributed by atoms with van der Waals surface area (Å²) >= 11 is 0. The van der Waals surface area contributed by atoms with E-state index in [1.54, 1.807) is 18.2 Å². The Balaban J connectivity index is 1.96. The van der Waals surface area contributed by atoms with Gasteiger partial charge in [0.2, 0.25) is 0 Å². The van der Waals surface area contributed by atoms with Gasteiger partial charge in [0.25, 0.3) is 0 Å². The summed E-state index contributed by atoms with van der Waals surface area (Å²) in [5.74, 6) is -0.913. The quantitative estimate of drug-likeness (QED) is 0.939. The van der Waals surface area contributed by atoms with Crippen LogP contribution in [0.5, 0.6) is 0 Å². The first-order valence-electron chi connectivity index (χ1n) is 7.16. The SMILES string of the molecule is CN1CCCC1c1cccc(-c2cccc(C(=O)O)c2)n1. The Morgan fingerprint density at radius 3 is 2.81 bits per heavy atom. The Morgan fingerprint density at radius 1 is 1.29 bits per heavy atom. The largest absolute Gasteiger partial charge is 0.478 e. The van der Waals surface area contributed by atoms with Crippen molar-refractivity contribution in [2.45, 2.75) is 18.9 Å². The normalized spacial score (nSPS) is 18.8. The number of hydrogen-bond donors (Lipinski definition) is 1. The summed E-state index contributed by atoms with van der Waals surface area (Å²) in [5.41, 5.74) is 3.03. The summed E-state index contributed by atoms with van der Waals surface area (Å²) in [6, 6.07) is 13.3. The summed E-state index contributed by atoms with van der Waals surface area (Å²) in [6.45, 7) is 1.10. The molecule has 0 saturated carbocycles. The van der Waals surface area contributed by atoms with Gasteiger partial charge in [-0.1, -0.05) is 18.2 Å². The molecule has 4 nitrogen and oxygen atoms in total. The number of rotatable bonds is 3. The Morgan fingerprint density at radius 2 is 2.10 bits per heavy atom. The highest BCUT2D eigenvalue weighted by Gasteiger charge is 2.23. The molecule has 0 bridgehead atoms. The van der Waals surface area contributed by atoms with Crippen molar-refractivity contribution < 1.29 is 9.90 Å². The van der Waals surface area contributed by atoms with E-state index in [0.717, 1.165) is 29.9 Å². The second kappa shape index (κ2) is 5.66. The molecule has 1 unspecified atom stereocenters. The van der Waals surface area contributed by atoms with Gasteiger partial charge in [0, 0.05) is 5.56 Å². The minimum absolute atomic E-state index is 0.290. The number of aromatic nitrogens is 1. The number of carboxylic acids is 1. The summed E-state index contributed by atoms with van der Waals surface area (Å²) in [5, 5.41) is 9.09. The van der Waals surface area contributed by atoms with Crippen LogP contribution in [0.3, 0.4) is 0 Å². The molecule has 1 aromatic heterocycles. The third-order valence-electron chi connectivity index (χ3n) is 4.04. The van der Waals surface area contributed by atoms with Crippen molar-refractivity contribution in [3.63, 3.8) is 0 Å². The number of aromatic carboxylic acids is 1. The first-order chi connectivity index (χ1) is 10.1. The molecule has 1 aliphatic heterocycles. The van der Waals surface area contributed by atoms with Gasteiger partial charge in [0.1, 0.15) is 0 Å². The monoisotopic (exact) mass is 282 g/mol. The highest BCUT2D eigenvalue weighted by atomic mass is 16.4. The van der Waals surface area contributed by atoms with E-state index >= 15 is 0 Å². The zero-order chi connectivity index (χ0) is 14.8. The van der Waals surface area contributed by atoms with E-state index < -0.39 is 5.97 Å². The molecule has 2 heterocycles. The van der Waals surface area contributed by atoms with Crippen molar-refractivity contribution in [1.82, 2.24) is 9.88 Å². The first-order valence-corrected chi connectivity index (χ1v) is 7.16. The maximum atomic E-state index is 11.1. The lowest BCUT2D eigenvalue weighted by molar-refractivity contribution is 0.0697. The van der Waals surface area contributed by atoms with E-state index in [0.29, 0.717) is 6.04 Å². The van der Waals surface area contributed by atoms with Gasteiger partial charge in [0.15, 0.2) is 0 Å². The lowest BCUT2D eigenvalue weighted by Gasteiger charge is -2.19. The molecular weight excluding hydrogens is 264 g/mol. The topological polar surface area (TPSA) is 53.4 Å². The van der Waals surface area contributed by atoms with Crippen molar-refractivity contribution in [3.05, 3.63) is 53.7 Å². The van der Waals surface area contributed by atoms with Crippen LogP contribution in [0.25, 0.3) is 11.3 Å². The second-order valence-corrected chi connectivity index (χ2v) is 5.47. The predicted octanol–water partition coefficient (Wildman–Crippen LogP) is 3.21. The third kappa shape index (κ3) is 2.81. The van der Waals surface area contributed by atoms with Crippen molar-refractivity contribution in [2.24, 2.45) is 0 Å². The van der Waals surface area contributed by atoms with Crippen LogP contribution >= 0.6 is 0 Å². The molecule has 4 heteroatoms. The minimum atomic E-state index is -0.913. The molecule has 1 fully saturated rings. The number of hydrogen-bond acceptors (Lipinski definition) is 3. The molecule has 0 aliphatic carbocycles. The summed E-state index contributed by atoms with van der Waals surface area (Å²) in [6.07, 6.45) is 2.32.